The highest BCUT2D eigenvalue weighted by atomic mass is 19.1. The molecule has 174 valence electrons. The van der Waals surface area contributed by atoms with E-state index in [0.29, 0.717) is 23.5 Å². The molecule has 1 saturated heterocycles. The quantitative estimate of drug-likeness (QED) is 0.513. The number of nitrogens with one attached hydrogen (secondary N) is 1. The zero-order valence-corrected chi connectivity index (χ0v) is 18.9. The van der Waals surface area contributed by atoms with E-state index in [1.165, 1.54) is 36.0 Å². The molecule has 0 spiro atoms. The number of hydrogen-bond donors (Lipinski definition) is 1. The summed E-state index contributed by atoms with van der Waals surface area (Å²) >= 11 is 0. The number of carbonyl (C=O) groups is 2. The van der Waals surface area contributed by atoms with Crippen molar-refractivity contribution < 1.29 is 18.7 Å². The second kappa shape index (κ2) is 10.6. The number of anilines is 1. The van der Waals surface area contributed by atoms with Crippen molar-refractivity contribution >= 4 is 23.6 Å². The van der Waals surface area contributed by atoms with Gasteiger partial charge in [0, 0.05) is 6.54 Å². The van der Waals surface area contributed by atoms with Crippen molar-refractivity contribution in [3.8, 4) is 5.75 Å². The SMILES string of the molecule is CC1CCN(CCCNC(=O)CN2C(=O)/C(=C\c3cccc(F)c3)Oc3ccccc32)CC1. The van der Waals surface area contributed by atoms with Crippen LogP contribution >= 0.6 is 0 Å². The first-order valence-electron chi connectivity index (χ1n) is 11.5. The summed E-state index contributed by atoms with van der Waals surface area (Å²) in [5, 5.41) is 2.93. The number of fused-ring (bicyclic) bond motifs is 1. The Morgan fingerprint density at radius 2 is 1.97 bits per heavy atom. The molecule has 6 nitrogen and oxygen atoms in total. The van der Waals surface area contributed by atoms with Gasteiger partial charge < -0.3 is 15.0 Å². The van der Waals surface area contributed by atoms with Crippen LogP contribution in [-0.4, -0.2) is 49.4 Å². The van der Waals surface area contributed by atoms with Crippen molar-refractivity contribution in [3.05, 3.63) is 65.7 Å². The fourth-order valence-corrected chi connectivity index (χ4v) is 4.18. The van der Waals surface area contributed by atoms with Crippen molar-refractivity contribution in [3.63, 3.8) is 0 Å². The van der Waals surface area contributed by atoms with Crippen LogP contribution in [0.15, 0.2) is 54.3 Å². The summed E-state index contributed by atoms with van der Waals surface area (Å²) in [4.78, 5) is 29.6. The van der Waals surface area contributed by atoms with Crippen molar-refractivity contribution in [2.45, 2.75) is 26.2 Å². The number of hydrogen-bond acceptors (Lipinski definition) is 4. The fraction of sp³-hybridized carbons (Fsp3) is 0.385. The lowest BCUT2D eigenvalue weighted by atomic mass is 9.99. The molecule has 0 radical (unpaired) electrons. The van der Waals surface area contributed by atoms with Gasteiger partial charge in [0.15, 0.2) is 11.5 Å². The van der Waals surface area contributed by atoms with Crippen molar-refractivity contribution in [2.75, 3.05) is 37.6 Å². The fourth-order valence-electron chi connectivity index (χ4n) is 4.18. The summed E-state index contributed by atoms with van der Waals surface area (Å²) in [6, 6.07) is 13.0. The number of piperidine rings is 1. The molecule has 0 saturated carbocycles. The van der Waals surface area contributed by atoms with Crippen LogP contribution in [0.2, 0.25) is 0 Å². The Morgan fingerprint density at radius 3 is 2.76 bits per heavy atom. The van der Waals surface area contributed by atoms with Gasteiger partial charge in [-0.25, -0.2) is 4.39 Å². The third kappa shape index (κ3) is 5.99. The maximum Gasteiger partial charge on any atom is 0.294 e. The highest BCUT2D eigenvalue weighted by Crippen LogP contribution is 2.35. The topological polar surface area (TPSA) is 61.9 Å². The van der Waals surface area contributed by atoms with E-state index in [9.17, 15) is 14.0 Å². The molecule has 0 aliphatic carbocycles. The van der Waals surface area contributed by atoms with Crippen LogP contribution in [0, 0.1) is 11.7 Å². The second-order valence-corrected chi connectivity index (χ2v) is 8.75. The lowest BCUT2D eigenvalue weighted by molar-refractivity contribution is -0.123. The predicted molar refractivity (Wildman–Crippen MR) is 126 cm³/mol. The van der Waals surface area contributed by atoms with Gasteiger partial charge in [-0.15, -0.1) is 0 Å². The molecule has 2 aromatic rings. The largest absolute Gasteiger partial charge is 0.449 e. The van der Waals surface area contributed by atoms with Gasteiger partial charge in [0.05, 0.1) is 5.69 Å². The number of halogens is 1. The molecular formula is C26H30FN3O3. The summed E-state index contributed by atoms with van der Waals surface area (Å²) in [7, 11) is 0. The summed E-state index contributed by atoms with van der Waals surface area (Å²) in [6.07, 6.45) is 4.83. The number of amides is 2. The summed E-state index contributed by atoms with van der Waals surface area (Å²) < 4.78 is 19.4. The minimum atomic E-state index is -0.435. The lowest BCUT2D eigenvalue weighted by Gasteiger charge is -2.30. The molecule has 2 aromatic carbocycles. The van der Waals surface area contributed by atoms with E-state index in [0.717, 1.165) is 32.0 Å². The van der Waals surface area contributed by atoms with Crippen molar-refractivity contribution in [1.82, 2.24) is 10.2 Å². The van der Waals surface area contributed by atoms with Gasteiger partial charge in [0.2, 0.25) is 5.91 Å². The average molecular weight is 452 g/mol. The van der Waals surface area contributed by atoms with Gasteiger partial charge in [-0.1, -0.05) is 31.2 Å². The smallest absolute Gasteiger partial charge is 0.294 e. The number of ether oxygens (including phenoxy) is 1. The van der Waals surface area contributed by atoms with Crippen LogP contribution in [0.1, 0.15) is 31.7 Å². The van der Waals surface area contributed by atoms with E-state index in [-0.39, 0.29) is 18.2 Å². The third-order valence-corrected chi connectivity index (χ3v) is 6.13. The van der Waals surface area contributed by atoms with E-state index < -0.39 is 11.7 Å². The maximum atomic E-state index is 13.6. The summed E-state index contributed by atoms with van der Waals surface area (Å²) in [5.74, 6) is 0.268. The molecule has 2 amide bonds. The minimum absolute atomic E-state index is 0.0476. The van der Waals surface area contributed by atoms with Crippen molar-refractivity contribution in [2.24, 2.45) is 5.92 Å². The molecule has 0 aromatic heterocycles. The van der Waals surface area contributed by atoms with Gasteiger partial charge >= 0.3 is 0 Å². The number of para-hydroxylation sites is 2. The number of benzene rings is 2. The average Bonchev–Trinajstić information content (AvgIpc) is 2.81. The Kier molecular flexibility index (Phi) is 7.40. The molecule has 2 heterocycles. The first kappa shape index (κ1) is 23.0. The molecule has 1 fully saturated rings. The van der Waals surface area contributed by atoms with E-state index in [2.05, 4.69) is 17.1 Å². The molecule has 0 atom stereocenters. The molecule has 2 aliphatic rings. The van der Waals surface area contributed by atoms with Gasteiger partial charge in [0.1, 0.15) is 12.4 Å². The van der Waals surface area contributed by atoms with Gasteiger partial charge in [0.25, 0.3) is 5.91 Å². The molecule has 0 unspecified atom stereocenters. The predicted octanol–water partition coefficient (Wildman–Crippen LogP) is 3.83. The van der Waals surface area contributed by atoms with Crippen LogP contribution in [0.5, 0.6) is 5.75 Å². The summed E-state index contributed by atoms with van der Waals surface area (Å²) in [6.45, 7) is 5.95. The Hall–Kier alpha value is -3.19. The van der Waals surface area contributed by atoms with E-state index in [1.54, 1.807) is 36.4 Å². The van der Waals surface area contributed by atoms with E-state index in [4.69, 9.17) is 4.74 Å². The third-order valence-electron chi connectivity index (χ3n) is 6.13. The molecule has 1 N–H and O–H groups in total. The zero-order chi connectivity index (χ0) is 23.2. The number of rotatable bonds is 7. The molecule has 4 rings (SSSR count). The Morgan fingerprint density at radius 1 is 1.18 bits per heavy atom. The van der Waals surface area contributed by atoms with Crippen LogP contribution in [0.3, 0.4) is 0 Å². The molecule has 0 bridgehead atoms. The monoisotopic (exact) mass is 451 g/mol. The van der Waals surface area contributed by atoms with Gasteiger partial charge in [-0.3, -0.25) is 14.5 Å². The lowest BCUT2D eigenvalue weighted by Crippen LogP contribution is -2.44. The maximum absolute atomic E-state index is 13.6. The van der Waals surface area contributed by atoms with Gasteiger partial charge in [-0.05, 0) is 80.7 Å². The van der Waals surface area contributed by atoms with Crippen LogP contribution in [0.4, 0.5) is 10.1 Å². The number of likely N-dealkylation sites (tertiary alicyclic amines) is 1. The highest BCUT2D eigenvalue weighted by molar-refractivity contribution is 6.12. The minimum Gasteiger partial charge on any atom is -0.449 e. The standard InChI is InChI=1S/C26H30FN3O3/c1-19-10-14-29(15-11-19)13-5-12-28-25(31)18-30-22-8-2-3-9-23(22)33-24(26(30)32)17-20-6-4-7-21(27)16-20/h2-4,6-9,16-17,19H,5,10-15,18H2,1H3,(H,28,31)/b24-17+. The molecule has 2 aliphatic heterocycles. The molecular weight excluding hydrogens is 421 g/mol. The van der Waals surface area contributed by atoms with E-state index >= 15 is 0 Å². The Labute approximate surface area is 194 Å². The Bertz CT molecular complexity index is 1030. The second-order valence-electron chi connectivity index (χ2n) is 8.75. The molecule has 7 heteroatoms. The van der Waals surface area contributed by atoms with Crippen LogP contribution in [-0.2, 0) is 9.59 Å². The molecule has 33 heavy (non-hydrogen) atoms. The number of nitrogens with zero attached hydrogens (tertiary/aromatic N) is 2. The first-order valence-corrected chi connectivity index (χ1v) is 11.5. The highest BCUT2D eigenvalue weighted by Gasteiger charge is 2.31. The Balaban J connectivity index is 1.38. The van der Waals surface area contributed by atoms with Crippen molar-refractivity contribution in [1.29, 1.82) is 0 Å². The van der Waals surface area contributed by atoms with Gasteiger partial charge in [-0.2, -0.15) is 0 Å². The zero-order valence-electron chi connectivity index (χ0n) is 18.9. The van der Waals surface area contributed by atoms with E-state index in [1.807, 2.05) is 0 Å². The van der Waals surface area contributed by atoms with Crippen LogP contribution < -0.4 is 15.0 Å². The number of carbonyl (C=O) groups excluding carboxylic acids is 2. The van der Waals surface area contributed by atoms with Crippen LogP contribution in [0.25, 0.3) is 6.08 Å². The normalized spacial score (nSPS) is 18.2. The summed E-state index contributed by atoms with van der Waals surface area (Å²) in [5.41, 5.74) is 1.05. The first-order chi connectivity index (χ1) is 16.0.